The van der Waals surface area contributed by atoms with Crippen molar-refractivity contribution in [2.24, 2.45) is 0 Å². The second-order valence-corrected chi connectivity index (χ2v) is 9.24. The number of aryl methyl sites for hydroxylation is 1. The lowest BCUT2D eigenvalue weighted by Crippen LogP contribution is -2.48. The van der Waals surface area contributed by atoms with Gasteiger partial charge in [0.1, 0.15) is 0 Å². The number of carbonyl (C=O) groups excluding carboxylic acids is 3. The SMILES string of the molecule is Cc1cccc(C(=O)Nc2ccc(C(=O)NNC(=O)N3c4ccccc4Sc4ccccc43)cc2)c1. The van der Waals surface area contributed by atoms with Gasteiger partial charge in [0.05, 0.1) is 11.4 Å². The molecule has 1 aliphatic heterocycles. The second-order valence-electron chi connectivity index (χ2n) is 8.16. The van der Waals surface area contributed by atoms with Gasteiger partial charge in [-0.25, -0.2) is 10.2 Å². The molecule has 3 N–H and O–H groups in total. The molecule has 8 heteroatoms. The normalized spacial score (nSPS) is 11.6. The molecule has 0 spiro atoms. The molecule has 0 atom stereocenters. The maximum Gasteiger partial charge on any atom is 0.345 e. The van der Waals surface area contributed by atoms with Gasteiger partial charge >= 0.3 is 6.03 Å². The van der Waals surface area contributed by atoms with Crippen molar-refractivity contribution in [2.45, 2.75) is 16.7 Å². The summed E-state index contributed by atoms with van der Waals surface area (Å²) in [5.41, 5.74) is 8.90. The van der Waals surface area contributed by atoms with Crippen LogP contribution < -0.4 is 21.1 Å². The van der Waals surface area contributed by atoms with Gasteiger partial charge in [0.25, 0.3) is 11.8 Å². The van der Waals surface area contributed by atoms with Crippen LogP contribution in [-0.2, 0) is 0 Å². The summed E-state index contributed by atoms with van der Waals surface area (Å²) >= 11 is 1.59. The molecular formula is C28H22N4O3S. The minimum atomic E-state index is -0.481. The van der Waals surface area contributed by atoms with E-state index in [2.05, 4.69) is 16.2 Å². The van der Waals surface area contributed by atoms with Gasteiger partial charge in [0.15, 0.2) is 0 Å². The molecule has 7 nitrogen and oxygen atoms in total. The Bertz CT molecular complexity index is 1420. The molecular weight excluding hydrogens is 472 g/mol. The molecule has 0 saturated carbocycles. The quantitative estimate of drug-likeness (QED) is 0.309. The van der Waals surface area contributed by atoms with E-state index in [1.807, 2.05) is 67.6 Å². The van der Waals surface area contributed by atoms with E-state index in [1.54, 1.807) is 53.1 Å². The van der Waals surface area contributed by atoms with Gasteiger partial charge in [-0.05, 0) is 67.6 Å². The molecule has 178 valence electrons. The first-order chi connectivity index (χ1) is 17.5. The maximum absolute atomic E-state index is 13.1. The predicted octanol–water partition coefficient (Wildman–Crippen LogP) is 5.90. The van der Waals surface area contributed by atoms with Crippen LogP contribution in [-0.4, -0.2) is 17.8 Å². The highest BCUT2D eigenvalue weighted by Crippen LogP contribution is 2.47. The van der Waals surface area contributed by atoms with Crippen molar-refractivity contribution in [1.82, 2.24) is 10.9 Å². The van der Waals surface area contributed by atoms with E-state index in [9.17, 15) is 14.4 Å². The Morgan fingerprint density at radius 3 is 1.94 bits per heavy atom. The third-order valence-electron chi connectivity index (χ3n) is 5.60. The molecule has 4 aromatic rings. The summed E-state index contributed by atoms with van der Waals surface area (Å²) in [6.07, 6.45) is 0. The number of hydrazine groups is 1. The van der Waals surface area contributed by atoms with E-state index in [0.29, 0.717) is 16.8 Å². The predicted molar refractivity (Wildman–Crippen MR) is 141 cm³/mol. The zero-order chi connectivity index (χ0) is 25.1. The highest BCUT2D eigenvalue weighted by molar-refractivity contribution is 7.99. The standard InChI is InChI=1S/C28H22N4O3S/c1-18-7-6-8-20(17-18)26(33)29-21-15-13-19(14-16-21)27(34)30-31-28(35)32-22-9-2-4-11-24(22)36-25-12-5-3-10-23(25)32/h2-17H,1H3,(H,29,33)(H,30,34)(H,31,35). The van der Waals surface area contributed by atoms with Gasteiger partial charge in [-0.3, -0.25) is 19.9 Å². The zero-order valence-corrected chi connectivity index (χ0v) is 20.1. The molecule has 0 aromatic heterocycles. The topological polar surface area (TPSA) is 90.5 Å². The average molecular weight is 495 g/mol. The Hall–Kier alpha value is -4.56. The van der Waals surface area contributed by atoms with Crippen LogP contribution in [0.3, 0.4) is 0 Å². The lowest BCUT2D eigenvalue weighted by Gasteiger charge is -2.30. The third kappa shape index (κ3) is 4.80. The molecule has 0 radical (unpaired) electrons. The molecule has 5 rings (SSSR count). The average Bonchev–Trinajstić information content (AvgIpc) is 2.90. The van der Waals surface area contributed by atoms with Crippen molar-refractivity contribution in [3.63, 3.8) is 0 Å². The number of nitrogens with one attached hydrogen (secondary N) is 3. The Kier molecular flexibility index (Phi) is 6.42. The lowest BCUT2D eigenvalue weighted by atomic mass is 10.1. The van der Waals surface area contributed by atoms with Crippen LogP contribution in [0.25, 0.3) is 0 Å². The van der Waals surface area contributed by atoms with Crippen LogP contribution in [0, 0.1) is 6.92 Å². The highest BCUT2D eigenvalue weighted by atomic mass is 32.2. The van der Waals surface area contributed by atoms with Gasteiger partial charge in [0.2, 0.25) is 0 Å². The van der Waals surface area contributed by atoms with Crippen LogP contribution >= 0.6 is 11.8 Å². The number of fused-ring (bicyclic) bond motifs is 2. The number of carbonyl (C=O) groups is 3. The summed E-state index contributed by atoms with van der Waals surface area (Å²) in [7, 11) is 0. The molecule has 0 aliphatic carbocycles. The van der Waals surface area contributed by atoms with E-state index in [0.717, 1.165) is 26.7 Å². The van der Waals surface area contributed by atoms with Crippen molar-refractivity contribution < 1.29 is 14.4 Å². The number of rotatable bonds is 3. The Balaban J connectivity index is 1.24. The summed E-state index contributed by atoms with van der Waals surface area (Å²) in [4.78, 5) is 41.7. The first-order valence-electron chi connectivity index (χ1n) is 11.2. The first-order valence-corrected chi connectivity index (χ1v) is 12.1. The second kappa shape index (κ2) is 9.97. The molecule has 1 heterocycles. The van der Waals surface area contributed by atoms with E-state index in [-0.39, 0.29) is 5.91 Å². The monoisotopic (exact) mass is 494 g/mol. The number of nitrogens with zero attached hydrogens (tertiary/aromatic N) is 1. The smallest absolute Gasteiger partial charge is 0.322 e. The minimum Gasteiger partial charge on any atom is -0.322 e. The Labute approximate surface area is 212 Å². The number of anilines is 3. The van der Waals surface area contributed by atoms with E-state index in [1.165, 1.54) is 0 Å². The lowest BCUT2D eigenvalue weighted by molar-refractivity contribution is 0.0937. The molecule has 0 bridgehead atoms. The number of para-hydroxylation sites is 2. The first kappa shape index (κ1) is 23.2. The van der Waals surface area contributed by atoms with Crippen molar-refractivity contribution in [1.29, 1.82) is 0 Å². The van der Waals surface area contributed by atoms with Crippen LogP contribution in [0.2, 0.25) is 0 Å². The van der Waals surface area contributed by atoms with Gasteiger partial charge in [-0.1, -0.05) is 53.7 Å². The van der Waals surface area contributed by atoms with Gasteiger partial charge < -0.3 is 5.32 Å². The Morgan fingerprint density at radius 2 is 1.31 bits per heavy atom. The van der Waals surface area contributed by atoms with E-state index in [4.69, 9.17) is 0 Å². The fraction of sp³-hybridized carbons (Fsp3) is 0.0357. The van der Waals surface area contributed by atoms with Crippen LogP contribution in [0.4, 0.5) is 21.9 Å². The van der Waals surface area contributed by atoms with Gasteiger partial charge in [0, 0.05) is 26.6 Å². The summed E-state index contributed by atoms with van der Waals surface area (Å²) < 4.78 is 0. The van der Waals surface area contributed by atoms with Crippen LogP contribution in [0.1, 0.15) is 26.3 Å². The summed E-state index contributed by atoms with van der Waals surface area (Å²) in [6.45, 7) is 1.92. The van der Waals surface area contributed by atoms with Crippen molar-refractivity contribution in [3.8, 4) is 0 Å². The number of amides is 4. The highest BCUT2D eigenvalue weighted by Gasteiger charge is 2.28. The van der Waals surface area contributed by atoms with E-state index >= 15 is 0 Å². The third-order valence-corrected chi connectivity index (χ3v) is 6.73. The van der Waals surface area contributed by atoms with Gasteiger partial charge in [-0.2, -0.15) is 0 Å². The zero-order valence-electron chi connectivity index (χ0n) is 19.3. The molecule has 0 unspecified atom stereocenters. The van der Waals surface area contributed by atoms with Gasteiger partial charge in [-0.15, -0.1) is 0 Å². The number of hydrogen-bond donors (Lipinski definition) is 3. The van der Waals surface area contributed by atoms with Crippen molar-refractivity contribution in [2.75, 3.05) is 10.2 Å². The number of hydrogen-bond acceptors (Lipinski definition) is 4. The fourth-order valence-corrected chi connectivity index (χ4v) is 4.91. The number of benzene rings is 4. The fourth-order valence-electron chi connectivity index (χ4n) is 3.86. The molecule has 0 saturated heterocycles. The molecule has 4 amide bonds. The molecule has 4 aromatic carbocycles. The summed E-state index contributed by atoms with van der Waals surface area (Å²) in [6, 6.07) is 28.5. The van der Waals surface area contributed by atoms with Crippen LogP contribution in [0.15, 0.2) is 107 Å². The minimum absolute atomic E-state index is 0.233. The van der Waals surface area contributed by atoms with E-state index < -0.39 is 11.9 Å². The summed E-state index contributed by atoms with van der Waals surface area (Å²) in [5, 5.41) is 2.81. The molecule has 1 aliphatic rings. The van der Waals surface area contributed by atoms with Crippen molar-refractivity contribution >= 4 is 46.7 Å². The summed E-state index contributed by atoms with van der Waals surface area (Å²) in [5.74, 6) is -0.712. The maximum atomic E-state index is 13.1. The molecule has 0 fully saturated rings. The van der Waals surface area contributed by atoms with Crippen molar-refractivity contribution in [3.05, 3.63) is 114 Å². The molecule has 36 heavy (non-hydrogen) atoms. The van der Waals surface area contributed by atoms with Crippen LogP contribution in [0.5, 0.6) is 0 Å². The Morgan fingerprint density at radius 1 is 0.667 bits per heavy atom. The number of urea groups is 1. The largest absolute Gasteiger partial charge is 0.345 e.